The Bertz CT molecular complexity index is 365. The highest BCUT2D eigenvalue weighted by Gasteiger charge is 2.06. The van der Waals surface area contributed by atoms with Gasteiger partial charge in [-0.2, -0.15) is 0 Å². The maximum absolute atomic E-state index is 10.3. The maximum Gasteiger partial charge on any atom is 0.341 e. The smallest absolute Gasteiger partial charge is 0.341 e. The van der Waals surface area contributed by atoms with Crippen molar-refractivity contribution in [3.63, 3.8) is 0 Å². The van der Waals surface area contributed by atoms with Crippen LogP contribution >= 0.6 is 24.2 Å². The molecule has 0 aliphatic carbocycles. The van der Waals surface area contributed by atoms with Crippen molar-refractivity contribution in [3.05, 3.63) is 22.7 Å². The van der Waals surface area contributed by atoms with Crippen LogP contribution in [0.5, 0.6) is 5.75 Å². The molecule has 0 amide bonds. The number of rotatable bonds is 3. The molecule has 5 heteroatoms. The highest BCUT2D eigenvalue weighted by atomic mass is 35.5. The second-order valence-electron chi connectivity index (χ2n) is 2.75. The summed E-state index contributed by atoms with van der Waals surface area (Å²) >= 11 is 9.92. The zero-order valence-corrected chi connectivity index (χ0v) is 9.10. The molecule has 0 saturated heterocycles. The van der Waals surface area contributed by atoms with Crippen LogP contribution in [-0.2, 0) is 4.79 Å². The van der Waals surface area contributed by atoms with Crippen molar-refractivity contribution >= 4 is 30.2 Å². The summed E-state index contributed by atoms with van der Waals surface area (Å²) in [7, 11) is 0. The molecule has 1 N–H and O–H groups in total. The summed E-state index contributed by atoms with van der Waals surface area (Å²) < 4.78 is 5.02. The number of hydrogen-bond acceptors (Lipinski definition) is 3. The fraction of sp³-hybridized carbons (Fsp3) is 0.222. The van der Waals surface area contributed by atoms with Gasteiger partial charge >= 0.3 is 5.97 Å². The van der Waals surface area contributed by atoms with E-state index in [1.165, 1.54) is 0 Å². The third kappa shape index (κ3) is 2.82. The van der Waals surface area contributed by atoms with E-state index in [4.69, 9.17) is 21.4 Å². The Morgan fingerprint density at radius 2 is 2.29 bits per heavy atom. The Hall–Kier alpha value is -0.870. The Morgan fingerprint density at radius 1 is 1.64 bits per heavy atom. The predicted octanol–water partition coefficient (Wildman–Crippen LogP) is 2.40. The minimum absolute atomic E-state index is 0.372. The summed E-state index contributed by atoms with van der Waals surface area (Å²) in [5.74, 6) is -0.550. The lowest BCUT2D eigenvalue weighted by Gasteiger charge is -2.08. The molecule has 1 rings (SSSR count). The number of aliphatic carboxylic acids is 1. The first-order valence-electron chi connectivity index (χ1n) is 3.84. The van der Waals surface area contributed by atoms with Crippen molar-refractivity contribution in [3.8, 4) is 5.75 Å². The summed E-state index contributed by atoms with van der Waals surface area (Å²) in [4.78, 5) is 10.9. The van der Waals surface area contributed by atoms with Gasteiger partial charge < -0.3 is 9.84 Å². The van der Waals surface area contributed by atoms with Gasteiger partial charge in [0.1, 0.15) is 5.75 Å². The first-order valence-corrected chi connectivity index (χ1v) is 4.67. The molecule has 0 spiro atoms. The lowest BCUT2D eigenvalue weighted by Crippen LogP contribution is -2.10. The number of ether oxygens (including phenoxy) is 1. The lowest BCUT2D eigenvalue weighted by atomic mass is 10.2. The van der Waals surface area contributed by atoms with Gasteiger partial charge in [-0.25, -0.2) is 4.79 Å². The second kappa shape index (κ2) is 4.57. The van der Waals surface area contributed by atoms with Gasteiger partial charge in [-0.05, 0) is 18.6 Å². The second-order valence-corrected chi connectivity index (χ2v) is 3.64. The van der Waals surface area contributed by atoms with Gasteiger partial charge in [0.15, 0.2) is 6.61 Å². The van der Waals surface area contributed by atoms with Crippen molar-refractivity contribution in [1.82, 2.24) is 0 Å². The minimum Gasteiger partial charge on any atom is -0.482 e. The van der Waals surface area contributed by atoms with Crippen molar-refractivity contribution in [2.45, 2.75) is 11.8 Å². The van der Waals surface area contributed by atoms with Gasteiger partial charge in [-0.15, -0.1) is 12.6 Å². The quantitative estimate of drug-likeness (QED) is 0.787. The van der Waals surface area contributed by atoms with E-state index in [1.807, 2.05) is 0 Å². The number of halogens is 1. The Balaban J connectivity index is 2.87. The summed E-state index contributed by atoms with van der Waals surface area (Å²) in [6.45, 7) is 1.43. The van der Waals surface area contributed by atoms with Crippen LogP contribution in [0.25, 0.3) is 0 Å². The molecule has 0 saturated carbocycles. The van der Waals surface area contributed by atoms with Gasteiger partial charge in [0, 0.05) is 11.0 Å². The van der Waals surface area contributed by atoms with Crippen LogP contribution in [0.3, 0.4) is 0 Å². The topological polar surface area (TPSA) is 46.5 Å². The summed E-state index contributed by atoms with van der Waals surface area (Å²) in [6.07, 6.45) is 0. The molecule has 3 nitrogen and oxygen atoms in total. The molecule has 14 heavy (non-hydrogen) atoms. The molecule has 0 fully saturated rings. The lowest BCUT2D eigenvalue weighted by molar-refractivity contribution is -0.139. The van der Waals surface area contributed by atoms with Gasteiger partial charge in [-0.3, -0.25) is 0 Å². The fourth-order valence-electron chi connectivity index (χ4n) is 0.943. The van der Waals surface area contributed by atoms with E-state index in [0.717, 1.165) is 5.56 Å². The van der Waals surface area contributed by atoms with Crippen molar-refractivity contribution in [2.75, 3.05) is 6.61 Å². The van der Waals surface area contributed by atoms with E-state index >= 15 is 0 Å². The SMILES string of the molecule is Cc1cc(S)c(Cl)cc1OCC(=O)O. The zero-order chi connectivity index (χ0) is 10.7. The Labute approximate surface area is 92.1 Å². The monoisotopic (exact) mass is 232 g/mol. The van der Waals surface area contributed by atoms with Crippen LogP contribution in [0.2, 0.25) is 5.02 Å². The number of aryl methyl sites for hydroxylation is 1. The molecule has 0 aliphatic rings. The van der Waals surface area contributed by atoms with E-state index in [9.17, 15) is 4.79 Å². The molecule has 0 heterocycles. The van der Waals surface area contributed by atoms with E-state index in [1.54, 1.807) is 19.1 Å². The maximum atomic E-state index is 10.3. The average Bonchev–Trinajstić information content (AvgIpc) is 2.09. The number of hydrogen-bond donors (Lipinski definition) is 2. The molecular formula is C9H9ClO3S. The van der Waals surface area contributed by atoms with E-state index in [-0.39, 0.29) is 6.61 Å². The molecule has 76 valence electrons. The molecule has 0 aromatic heterocycles. The molecular weight excluding hydrogens is 224 g/mol. The third-order valence-electron chi connectivity index (χ3n) is 1.60. The normalized spacial score (nSPS) is 9.93. The third-order valence-corrected chi connectivity index (χ3v) is 2.41. The van der Waals surface area contributed by atoms with Crippen LogP contribution in [-0.4, -0.2) is 17.7 Å². The van der Waals surface area contributed by atoms with Crippen molar-refractivity contribution in [1.29, 1.82) is 0 Å². The number of carboxylic acid groups (broad SMARTS) is 1. The largest absolute Gasteiger partial charge is 0.482 e. The van der Waals surface area contributed by atoms with Crippen LogP contribution in [0.1, 0.15) is 5.56 Å². The first kappa shape index (κ1) is 11.2. The van der Waals surface area contributed by atoms with Gasteiger partial charge in [0.2, 0.25) is 0 Å². The summed E-state index contributed by atoms with van der Waals surface area (Å²) in [5, 5.41) is 8.86. The summed E-state index contributed by atoms with van der Waals surface area (Å²) in [6, 6.07) is 3.28. The van der Waals surface area contributed by atoms with Crippen molar-refractivity contribution in [2.24, 2.45) is 0 Å². The molecule has 0 radical (unpaired) electrons. The van der Waals surface area contributed by atoms with Crippen molar-refractivity contribution < 1.29 is 14.6 Å². The molecule has 0 atom stereocenters. The van der Waals surface area contributed by atoms with E-state index in [2.05, 4.69) is 12.6 Å². The Kier molecular flexibility index (Phi) is 3.66. The van der Waals surface area contributed by atoms with E-state index < -0.39 is 5.97 Å². The van der Waals surface area contributed by atoms with Gasteiger partial charge in [0.05, 0.1) is 5.02 Å². The summed E-state index contributed by atoms with van der Waals surface area (Å²) in [5.41, 5.74) is 0.806. The standard InChI is InChI=1S/C9H9ClO3S/c1-5-2-8(14)6(10)3-7(5)13-4-9(11)12/h2-3,14H,4H2,1H3,(H,11,12). The number of carboxylic acids is 1. The van der Waals surface area contributed by atoms with Gasteiger partial charge in [-0.1, -0.05) is 11.6 Å². The number of carbonyl (C=O) groups is 1. The predicted molar refractivity (Wildman–Crippen MR) is 56.6 cm³/mol. The average molecular weight is 233 g/mol. The molecule has 1 aromatic rings. The molecule has 0 bridgehead atoms. The molecule has 0 unspecified atom stereocenters. The molecule has 1 aromatic carbocycles. The first-order chi connectivity index (χ1) is 6.50. The zero-order valence-electron chi connectivity index (χ0n) is 7.45. The number of benzene rings is 1. The van der Waals surface area contributed by atoms with Gasteiger partial charge in [0.25, 0.3) is 0 Å². The van der Waals surface area contributed by atoms with Crippen LogP contribution in [0.4, 0.5) is 0 Å². The number of thiol groups is 1. The van der Waals surface area contributed by atoms with Crippen LogP contribution in [0.15, 0.2) is 17.0 Å². The Morgan fingerprint density at radius 3 is 2.86 bits per heavy atom. The fourth-order valence-corrected chi connectivity index (χ4v) is 1.35. The molecule has 0 aliphatic heterocycles. The van der Waals surface area contributed by atoms with Crippen LogP contribution in [0, 0.1) is 6.92 Å². The highest BCUT2D eigenvalue weighted by Crippen LogP contribution is 2.28. The van der Waals surface area contributed by atoms with Crippen LogP contribution < -0.4 is 4.74 Å². The highest BCUT2D eigenvalue weighted by molar-refractivity contribution is 7.80. The van der Waals surface area contributed by atoms with E-state index in [0.29, 0.717) is 15.7 Å². The minimum atomic E-state index is -1.02.